The van der Waals surface area contributed by atoms with E-state index in [9.17, 15) is 0 Å². The minimum absolute atomic E-state index is 0.631. The van der Waals surface area contributed by atoms with E-state index in [-0.39, 0.29) is 0 Å². The topological polar surface area (TPSA) is 74.3 Å². The molecule has 0 amide bonds. The highest BCUT2D eigenvalue weighted by Crippen LogP contribution is 2.38. The summed E-state index contributed by atoms with van der Waals surface area (Å²) in [6.45, 7) is 3.82. The van der Waals surface area contributed by atoms with Gasteiger partial charge in [0.1, 0.15) is 11.6 Å². The monoisotopic (exact) mass is 719 g/mol. The summed E-state index contributed by atoms with van der Waals surface area (Å²) in [5.41, 5.74) is 11.6. The van der Waals surface area contributed by atoms with Gasteiger partial charge in [-0.25, -0.2) is 15.0 Å². The van der Waals surface area contributed by atoms with Crippen molar-refractivity contribution < 1.29 is 0 Å². The van der Waals surface area contributed by atoms with E-state index in [1.54, 1.807) is 0 Å². The molecule has 0 bridgehead atoms. The first-order valence-corrected chi connectivity index (χ1v) is 18.8. The zero-order valence-electron chi connectivity index (χ0n) is 30.7. The lowest BCUT2D eigenvalue weighted by atomic mass is 10.00. The third kappa shape index (κ3) is 5.09. The SMILES string of the molecule is Cc1nc(C)nc(-n2c3ccccc3c3cc(-c4ccc5c(c4)c4ccccc4n5-c4nc(-c5cccc(-c6ccccc6)c5)c5ccccc5n4)ccc32)n1. The molecule has 4 aromatic heterocycles. The maximum absolute atomic E-state index is 5.37. The van der Waals surface area contributed by atoms with Gasteiger partial charge in [0.05, 0.1) is 33.3 Å². The van der Waals surface area contributed by atoms with E-state index in [4.69, 9.17) is 19.9 Å². The standard InChI is InChI=1S/C49H33N7/c1-30-50-31(2)52-48(51-30)55-43-21-10-7-17-37(43)40-28-34(23-25-45(40)55)35-24-26-46-41(29-35)38-18-8-11-22-44(38)56(46)49-53-42-20-9-6-19-39(42)47(54-49)36-16-12-15-33(27-36)32-13-4-3-5-14-32/h3-29H,1-2H3. The normalized spacial score (nSPS) is 11.8. The zero-order chi connectivity index (χ0) is 37.3. The summed E-state index contributed by atoms with van der Waals surface area (Å²) in [6, 6.07) is 57.8. The van der Waals surface area contributed by atoms with Crippen LogP contribution in [0.3, 0.4) is 0 Å². The van der Waals surface area contributed by atoms with Gasteiger partial charge in [-0.15, -0.1) is 0 Å². The number of hydrogen-bond acceptors (Lipinski definition) is 5. The summed E-state index contributed by atoms with van der Waals surface area (Å²) in [4.78, 5) is 24.5. The minimum atomic E-state index is 0.631. The van der Waals surface area contributed by atoms with Gasteiger partial charge < -0.3 is 0 Å². The van der Waals surface area contributed by atoms with Gasteiger partial charge in [-0.3, -0.25) is 9.13 Å². The first-order valence-electron chi connectivity index (χ1n) is 18.8. The van der Waals surface area contributed by atoms with E-state index in [0.29, 0.717) is 23.5 Å². The van der Waals surface area contributed by atoms with Crippen LogP contribution in [0.5, 0.6) is 0 Å². The lowest BCUT2D eigenvalue weighted by Crippen LogP contribution is -2.05. The van der Waals surface area contributed by atoms with Crippen molar-refractivity contribution in [2.45, 2.75) is 13.8 Å². The molecular weight excluding hydrogens is 687 g/mol. The van der Waals surface area contributed by atoms with Crippen LogP contribution in [-0.2, 0) is 0 Å². The number of fused-ring (bicyclic) bond motifs is 7. The maximum atomic E-state index is 5.37. The second-order valence-corrected chi connectivity index (χ2v) is 14.2. The molecule has 0 aliphatic heterocycles. The van der Waals surface area contributed by atoms with E-state index < -0.39 is 0 Å². The van der Waals surface area contributed by atoms with Crippen molar-refractivity contribution in [1.82, 2.24) is 34.1 Å². The molecule has 7 nitrogen and oxygen atoms in total. The molecule has 0 aliphatic rings. The van der Waals surface area contributed by atoms with Crippen molar-refractivity contribution >= 4 is 54.5 Å². The molecule has 11 rings (SSSR count). The Hall–Kier alpha value is -7.51. The molecule has 0 saturated carbocycles. The molecule has 7 aromatic carbocycles. The Morgan fingerprint density at radius 1 is 0.321 bits per heavy atom. The van der Waals surface area contributed by atoms with Crippen molar-refractivity contribution in [3.8, 4) is 45.4 Å². The van der Waals surface area contributed by atoms with Crippen molar-refractivity contribution in [2.75, 3.05) is 0 Å². The predicted octanol–water partition coefficient (Wildman–Crippen LogP) is 11.6. The van der Waals surface area contributed by atoms with Gasteiger partial charge in [0.25, 0.3) is 0 Å². The van der Waals surface area contributed by atoms with Gasteiger partial charge >= 0.3 is 0 Å². The van der Waals surface area contributed by atoms with Gasteiger partial charge in [-0.2, -0.15) is 9.97 Å². The molecule has 4 heterocycles. The third-order valence-electron chi connectivity index (χ3n) is 10.8. The summed E-state index contributed by atoms with van der Waals surface area (Å²) < 4.78 is 4.35. The van der Waals surface area contributed by atoms with E-state index >= 15 is 0 Å². The van der Waals surface area contributed by atoms with Gasteiger partial charge in [-0.1, -0.05) is 115 Å². The molecule has 0 saturated heterocycles. The van der Waals surface area contributed by atoms with Crippen LogP contribution >= 0.6 is 0 Å². The Labute approximate surface area is 322 Å². The zero-order valence-corrected chi connectivity index (χ0v) is 30.7. The number of aromatic nitrogens is 7. The summed E-state index contributed by atoms with van der Waals surface area (Å²) in [5.74, 6) is 2.67. The van der Waals surface area contributed by atoms with Crippen LogP contribution in [0.1, 0.15) is 11.6 Å². The number of nitrogens with zero attached hydrogens (tertiary/aromatic N) is 7. The molecule has 0 N–H and O–H groups in total. The number of rotatable bonds is 5. The van der Waals surface area contributed by atoms with Crippen molar-refractivity contribution in [3.05, 3.63) is 175 Å². The van der Waals surface area contributed by atoms with Crippen LogP contribution in [0.15, 0.2) is 164 Å². The van der Waals surface area contributed by atoms with E-state index in [0.717, 1.165) is 82.5 Å². The molecule has 0 unspecified atom stereocenters. The molecule has 11 aromatic rings. The highest BCUT2D eigenvalue weighted by molar-refractivity contribution is 6.12. The second kappa shape index (κ2) is 12.5. The Kier molecular flexibility index (Phi) is 7.16. The molecule has 7 heteroatoms. The summed E-state index contributed by atoms with van der Waals surface area (Å²) >= 11 is 0. The van der Waals surface area contributed by atoms with E-state index in [1.165, 1.54) is 5.56 Å². The largest absolute Gasteiger partial charge is 0.278 e. The quantitative estimate of drug-likeness (QED) is 0.177. The number of benzene rings is 7. The summed E-state index contributed by atoms with van der Waals surface area (Å²) in [5, 5.41) is 5.59. The summed E-state index contributed by atoms with van der Waals surface area (Å²) in [6.07, 6.45) is 0. The summed E-state index contributed by atoms with van der Waals surface area (Å²) in [7, 11) is 0. The van der Waals surface area contributed by atoms with Gasteiger partial charge in [-0.05, 0) is 84.6 Å². The first-order chi connectivity index (χ1) is 27.6. The number of hydrogen-bond donors (Lipinski definition) is 0. The molecule has 0 spiro atoms. The van der Waals surface area contributed by atoms with Crippen LogP contribution in [0.4, 0.5) is 0 Å². The average Bonchev–Trinajstić information content (AvgIpc) is 3.75. The highest BCUT2D eigenvalue weighted by atomic mass is 15.2. The molecular formula is C49H33N7. The van der Waals surface area contributed by atoms with Crippen LogP contribution in [0, 0.1) is 13.8 Å². The fourth-order valence-corrected chi connectivity index (χ4v) is 8.30. The Morgan fingerprint density at radius 2 is 0.804 bits per heavy atom. The predicted molar refractivity (Wildman–Crippen MR) is 227 cm³/mol. The van der Waals surface area contributed by atoms with E-state index in [2.05, 4.69) is 166 Å². The Bertz CT molecular complexity index is 3320. The molecule has 0 radical (unpaired) electrons. The number of aryl methyl sites for hydroxylation is 2. The lowest BCUT2D eigenvalue weighted by molar-refractivity contribution is 0.864. The smallest absolute Gasteiger partial charge is 0.238 e. The fourth-order valence-electron chi connectivity index (χ4n) is 8.30. The Balaban J connectivity index is 1.08. The molecule has 264 valence electrons. The van der Waals surface area contributed by atoms with Crippen LogP contribution in [-0.4, -0.2) is 34.1 Å². The van der Waals surface area contributed by atoms with Crippen LogP contribution < -0.4 is 0 Å². The number of para-hydroxylation sites is 3. The third-order valence-corrected chi connectivity index (χ3v) is 10.8. The Morgan fingerprint density at radius 3 is 1.45 bits per heavy atom. The lowest BCUT2D eigenvalue weighted by Gasteiger charge is -2.13. The minimum Gasteiger partial charge on any atom is -0.278 e. The molecule has 56 heavy (non-hydrogen) atoms. The van der Waals surface area contributed by atoms with Gasteiger partial charge in [0, 0.05) is 32.5 Å². The fraction of sp³-hybridized carbons (Fsp3) is 0.0408. The van der Waals surface area contributed by atoms with Crippen molar-refractivity contribution in [3.63, 3.8) is 0 Å². The molecule has 0 fully saturated rings. The highest BCUT2D eigenvalue weighted by Gasteiger charge is 2.20. The first kappa shape index (κ1) is 32.0. The van der Waals surface area contributed by atoms with Crippen molar-refractivity contribution in [1.29, 1.82) is 0 Å². The molecule has 0 atom stereocenters. The second-order valence-electron chi connectivity index (χ2n) is 14.2. The maximum Gasteiger partial charge on any atom is 0.238 e. The van der Waals surface area contributed by atoms with Crippen LogP contribution in [0.25, 0.3) is 99.9 Å². The van der Waals surface area contributed by atoms with Crippen molar-refractivity contribution in [2.24, 2.45) is 0 Å². The average molecular weight is 720 g/mol. The van der Waals surface area contributed by atoms with Gasteiger partial charge in [0.2, 0.25) is 11.9 Å². The van der Waals surface area contributed by atoms with E-state index in [1.807, 2.05) is 26.0 Å². The van der Waals surface area contributed by atoms with Crippen LogP contribution in [0.2, 0.25) is 0 Å². The van der Waals surface area contributed by atoms with Gasteiger partial charge in [0.15, 0.2) is 0 Å². The molecule has 0 aliphatic carbocycles.